The number of carbonyl (C=O) groups is 1. The van der Waals surface area contributed by atoms with Crippen molar-refractivity contribution in [2.24, 2.45) is 0 Å². The van der Waals surface area contributed by atoms with Crippen molar-refractivity contribution in [2.75, 3.05) is 26.2 Å². The topological polar surface area (TPSA) is 93.2 Å². The molecule has 1 aliphatic heterocycles. The normalized spacial score (nSPS) is 14.4. The highest BCUT2D eigenvalue weighted by molar-refractivity contribution is 6.06. The maximum atomic E-state index is 13.8. The standard InChI is InChI=1S/C27H25N7O2/c35-27(33-12-10-32(11-13-33)18-20-5-8-28-9-6-20)23-15-25(21-3-1-7-29-16-21)31-26-24(23)17-30-34(26)19-22-4-2-14-36-22/h1-9,14-17H,10-13,18-19H2. The molecule has 0 atom stereocenters. The van der Waals surface area contributed by atoms with Crippen molar-refractivity contribution < 1.29 is 9.21 Å². The van der Waals surface area contributed by atoms with Gasteiger partial charge in [0.1, 0.15) is 12.3 Å². The third kappa shape index (κ3) is 4.48. The summed E-state index contributed by atoms with van der Waals surface area (Å²) < 4.78 is 7.29. The lowest BCUT2D eigenvalue weighted by Crippen LogP contribution is -2.48. The molecule has 1 amide bonds. The highest BCUT2D eigenvalue weighted by Gasteiger charge is 2.26. The van der Waals surface area contributed by atoms with Gasteiger partial charge in [0.05, 0.1) is 29.1 Å². The van der Waals surface area contributed by atoms with Gasteiger partial charge >= 0.3 is 0 Å². The Balaban J connectivity index is 1.29. The average molecular weight is 480 g/mol. The predicted octanol–water partition coefficient (Wildman–Crippen LogP) is 3.49. The van der Waals surface area contributed by atoms with Crippen LogP contribution >= 0.6 is 0 Å². The minimum absolute atomic E-state index is 0.00588. The molecule has 1 aliphatic rings. The molecule has 0 aliphatic carbocycles. The van der Waals surface area contributed by atoms with Gasteiger partial charge in [-0.05, 0) is 48.0 Å². The van der Waals surface area contributed by atoms with Crippen LogP contribution in [0.25, 0.3) is 22.3 Å². The minimum Gasteiger partial charge on any atom is -0.467 e. The van der Waals surface area contributed by atoms with Gasteiger partial charge in [-0.2, -0.15) is 5.10 Å². The van der Waals surface area contributed by atoms with Crippen LogP contribution < -0.4 is 0 Å². The fraction of sp³-hybridized carbons (Fsp3) is 0.222. The number of fused-ring (bicyclic) bond motifs is 1. The first-order chi connectivity index (χ1) is 17.7. The van der Waals surface area contributed by atoms with E-state index in [1.165, 1.54) is 5.56 Å². The molecule has 5 aromatic rings. The molecule has 0 spiro atoms. The van der Waals surface area contributed by atoms with E-state index in [2.05, 4.69) is 20.0 Å². The molecule has 0 unspecified atom stereocenters. The van der Waals surface area contributed by atoms with Crippen molar-refractivity contribution in [3.8, 4) is 11.3 Å². The third-order valence-corrected chi connectivity index (χ3v) is 6.50. The molecular formula is C27H25N7O2. The zero-order valence-corrected chi connectivity index (χ0v) is 19.7. The van der Waals surface area contributed by atoms with Crippen molar-refractivity contribution in [2.45, 2.75) is 13.1 Å². The highest BCUT2D eigenvalue weighted by atomic mass is 16.3. The predicted molar refractivity (Wildman–Crippen MR) is 134 cm³/mol. The second-order valence-corrected chi connectivity index (χ2v) is 8.84. The number of hydrogen-bond donors (Lipinski definition) is 0. The lowest BCUT2D eigenvalue weighted by atomic mass is 10.1. The Kier molecular flexibility index (Phi) is 5.96. The number of furan rings is 1. The molecule has 0 saturated carbocycles. The molecule has 36 heavy (non-hydrogen) atoms. The molecule has 5 aromatic heterocycles. The second kappa shape index (κ2) is 9.71. The van der Waals surface area contributed by atoms with Gasteiger partial charge in [-0.1, -0.05) is 0 Å². The molecule has 6 heterocycles. The third-order valence-electron chi connectivity index (χ3n) is 6.50. The van der Waals surface area contributed by atoms with Gasteiger partial charge in [-0.15, -0.1) is 0 Å². The van der Waals surface area contributed by atoms with Crippen molar-refractivity contribution in [1.82, 2.24) is 34.5 Å². The smallest absolute Gasteiger partial charge is 0.254 e. The molecule has 1 saturated heterocycles. The first-order valence-electron chi connectivity index (χ1n) is 11.9. The Bertz CT molecular complexity index is 1460. The summed E-state index contributed by atoms with van der Waals surface area (Å²) in [6, 6.07) is 13.5. The molecule has 0 aromatic carbocycles. The average Bonchev–Trinajstić information content (AvgIpc) is 3.60. The van der Waals surface area contributed by atoms with E-state index in [0.717, 1.165) is 36.3 Å². The van der Waals surface area contributed by atoms with E-state index in [-0.39, 0.29) is 5.91 Å². The number of hydrogen-bond acceptors (Lipinski definition) is 7. The summed E-state index contributed by atoms with van der Waals surface area (Å²) in [6.45, 7) is 4.24. The molecule has 9 nitrogen and oxygen atoms in total. The fourth-order valence-electron chi connectivity index (χ4n) is 4.58. The van der Waals surface area contributed by atoms with Crippen LogP contribution in [0.3, 0.4) is 0 Å². The second-order valence-electron chi connectivity index (χ2n) is 8.84. The molecule has 0 bridgehead atoms. The Labute approximate surface area is 208 Å². The van der Waals surface area contributed by atoms with Crippen molar-refractivity contribution in [3.05, 3.63) is 96.6 Å². The zero-order chi connectivity index (χ0) is 24.3. The van der Waals surface area contributed by atoms with Crippen molar-refractivity contribution >= 4 is 16.9 Å². The van der Waals surface area contributed by atoms with E-state index in [9.17, 15) is 4.79 Å². The molecule has 1 fully saturated rings. The summed E-state index contributed by atoms with van der Waals surface area (Å²) in [5.41, 5.74) is 4.02. The lowest BCUT2D eigenvalue weighted by molar-refractivity contribution is 0.0630. The zero-order valence-electron chi connectivity index (χ0n) is 19.7. The van der Waals surface area contributed by atoms with E-state index in [0.29, 0.717) is 36.5 Å². The van der Waals surface area contributed by atoms with Crippen LogP contribution in [0.1, 0.15) is 21.7 Å². The van der Waals surface area contributed by atoms with Crippen molar-refractivity contribution in [1.29, 1.82) is 0 Å². The van der Waals surface area contributed by atoms with Crippen molar-refractivity contribution in [3.63, 3.8) is 0 Å². The SMILES string of the molecule is O=C(c1cc(-c2cccnc2)nc2c1cnn2Cc1ccco1)N1CCN(Cc2ccncc2)CC1. The van der Waals surface area contributed by atoms with E-state index in [4.69, 9.17) is 9.40 Å². The maximum absolute atomic E-state index is 13.8. The summed E-state index contributed by atoms with van der Waals surface area (Å²) >= 11 is 0. The number of pyridine rings is 3. The molecule has 6 rings (SSSR count). The van der Waals surface area contributed by atoms with Gasteiger partial charge in [0.15, 0.2) is 5.65 Å². The van der Waals surface area contributed by atoms with Gasteiger partial charge in [0, 0.05) is 63.1 Å². The molecule has 0 radical (unpaired) electrons. The van der Waals surface area contributed by atoms with E-state index in [1.807, 2.05) is 59.8 Å². The van der Waals surface area contributed by atoms with Crippen LogP contribution in [0.15, 0.2) is 84.1 Å². The number of rotatable bonds is 6. The Morgan fingerprint density at radius 2 is 1.78 bits per heavy atom. The monoisotopic (exact) mass is 479 g/mol. The number of piperazine rings is 1. The van der Waals surface area contributed by atoms with Crippen LogP contribution in [0.4, 0.5) is 0 Å². The summed E-state index contributed by atoms with van der Waals surface area (Å²) in [4.78, 5) is 31.3. The van der Waals surface area contributed by atoms with E-state index >= 15 is 0 Å². The maximum Gasteiger partial charge on any atom is 0.254 e. The first kappa shape index (κ1) is 22.1. The largest absolute Gasteiger partial charge is 0.467 e. The molecule has 9 heteroatoms. The van der Waals surface area contributed by atoms with E-state index in [1.54, 1.807) is 29.5 Å². The van der Waals surface area contributed by atoms with Crippen LogP contribution in [0.5, 0.6) is 0 Å². The van der Waals surface area contributed by atoms with Crippen LogP contribution in [-0.4, -0.2) is 66.6 Å². The minimum atomic E-state index is -0.00588. The Hall–Kier alpha value is -4.37. The number of amides is 1. The quantitative estimate of drug-likeness (QED) is 0.368. The number of nitrogens with zero attached hydrogens (tertiary/aromatic N) is 7. The van der Waals surface area contributed by atoms with Gasteiger partial charge in [0.2, 0.25) is 0 Å². The summed E-state index contributed by atoms with van der Waals surface area (Å²) in [6.07, 6.45) is 10.5. The Morgan fingerprint density at radius 1 is 0.917 bits per heavy atom. The van der Waals surface area contributed by atoms with Gasteiger partial charge in [-0.3, -0.25) is 19.7 Å². The number of aromatic nitrogens is 5. The molecule has 180 valence electrons. The van der Waals surface area contributed by atoms with Gasteiger partial charge in [-0.25, -0.2) is 9.67 Å². The van der Waals surface area contributed by atoms with E-state index < -0.39 is 0 Å². The summed E-state index contributed by atoms with van der Waals surface area (Å²) in [5, 5.41) is 5.28. The van der Waals surface area contributed by atoms with Crippen LogP contribution in [0, 0.1) is 0 Å². The highest BCUT2D eigenvalue weighted by Crippen LogP contribution is 2.26. The fourth-order valence-corrected chi connectivity index (χ4v) is 4.58. The summed E-state index contributed by atoms with van der Waals surface area (Å²) in [7, 11) is 0. The molecule has 0 N–H and O–H groups in total. The van der Waals surface area contributed by atoms with Crippen LogP contribution in [-0.2, 0) is 13.1 Å². The van der Waals surface area contributed by atoms with Gasteiger partial charge < -0.3 is 9.32 Å². The van der Waals surface area contributed by atoms with Crippen LogP contribution in [0.2, 0.25) is 0 Å². The van der Waals surface area contributed by atoms with Gasteiger partial charge in [0.25, 0.3) is 5.91 Å². The Morgan fingerprint density at radius 3 is 2.53 bits per heavy atom. The summed E-state index contributed by atoms with van der Waals surface area (Å²) in [5.74, 6) is 0.764. The molecular weight excluding hydrogens is 454 g/mol. The first-order valence-corrected chi connectivity index (χ1v) is 11.9. The number of carbonyl (C=O) groups excluding carboxylic acids is 1. The lowest BCUT2D eigenvalue weighted by Gasteiger charge is -2.35.